The van der Waals surface area contributed by atoms with Gasteiger partial charge in [-0.25, -0.2) is 9.97 Å². The highest BCUT2D eigenvalue weighted by molar-refractivity contribution is 5.80. The van der Waals surface area contributed by atoms with Gasteiger partial charge in [-0.15, -0.1) is 0 Å². The van der Waals surface area contributed by atoms with Gasteiger partial charge in [-0.1, -0.05) is 5.16 Å². The molecule has 0 N–H and O–H groups in total. The monoisotopic (exact) mass is 355 g/mol. The summed E-state index contributed by atoms with van der Waals surface area (Å²) in [7, 11) is 1.62. The third-order valence-corrected chi connectivity index (χ3v) is 4.05. The molecule has 0 spiro atoms. The fourth-order valence-corrected chi connectivity index (χ4v) is 2.58. The third kappa shape index (κ3) is 4.69. The lowest BCUT2D eigenvalue weighted by atomic mass is 10.2. The van der Waals surface area contributed by atoms with Crippen LogP contribution in [0.2, 0.25) is 0 Å². The minimum Gasteiger partial charge on any atom is -0.497 e. The Kier molecular flexibility index (Phi) is 5.97. The number of rotatable bonds is 6. The van der Waals surface area contributed by atoms with E-state index < -0.39 is 0 Å². The maximum absolute atomic E-state index is 12.2. The van der Waals surface area contributed by atoms with Gasteiger partial charge in [0.05, 0.1) is 13.3 Å². The molecule has 0 unspecified atom stereocenters. The van der Waals surface area contributed by atoms with Crippen LogP contribution in [0, 0.1) is 0 Å². The third-order valence-electron chi connectivity index (χ3n) is 4.05. The predicted octanol–water partition coefficient (Wildman–Crippen LogP) is 1.18. The number of aromatic nitrogens is 2. The van der Waals surface area contributed by atoms with Crippen LogP contribution in [0.5, 0.6) is 5.75 Å². The Labute approximate surface area is 152 Å². The maximum atomic E-state index is 12.2. The number of hydrogen-bond acceptors (Lipinski definition) is 7. The summed E-state index contributed by atoms with van der Waals surface area (Å²) in [6, 6.07) is 9.18. The van der Waals surface area contributed by atoms with Crippen molar-refractivity contribution in [3.63, 3.8) is 0 Å². The van der Waals surface area contributed by atoms with Gasteiger partial charge < -0.3 is 19.4 Å². The van der Waals surface area contributed by atoms with Crippen molar-refractivity contribution in [3.05, 3.63) is 48.3 Å². The number of hydrogen-bond donors (Lipinski definition) is 0. The van der Waals surface area contributed by atoms with E-state index >= 15 is 0 Å². The highest BCUT2D eigenvalue weighted by atomic mass is 16.6. The summed E-state index contributed by atoms with van der Waals surface area (Å²) in [4.78, 5) is 29.6. The molecule has 1 aliphatic heterocycles. The molecular weight excluding hydrogens is 334 g/mol. The van der Waals surface area contributed by atoms with Crippen molar-refractivity contribution in [2.75, 3.05) is 44.8 Å². The quantitative estimate of drug-likeness (QED) is 0.572. The Bertz CT molecular complexity index is 728. The first-order valence-electron chi connectivity index (χ1n) is 8.35. The molecular formula is C18H21N5O3. The van der Waals surface area contributed by atoms with Crippen LogP contribution >= 0.6 is 0 Å². The average molecular weight is 355 g/mol. The average Bonchev–Trinajstić information content (AvgIpc) is 2.72. The van der Waals surface area contributed by atoms with Crippen LogP contribution in [0.4, 0.5) is 5.95 Å². The van der Waals surface area contributed by atoms with E-state index in [1.165, 1.54) is 0 Å². The molecule has 26 heavy (non-hydrogen) atoms. The molecule has 1 aromatic carbocycles. The molecule has 2 heterocycles. The highest BCUT2D eigenvalue weighted by Gasteiger charge is 2.22. The van der Waals surface area contributed by atoms with E-state index in [2.05, 4.69) is 20.0 Å². The van der Waals surface area contributed by atoms with Crippen LogP contribution in [0.15, 0.2) is 47.9 Å². The summed E-state index contributed by atoms with van der Waals surface area (Å²) in [5, 5.41) is 3.85. The zero-order valence-corrected chi connectivity index (χ0v) is 14.6. The summed E-state index contributed by atoms with van der Waals surface area (Å²) in [5.41, 5.74) is 0.870. The van der Waals surface area contributed by atoms with Gasteiger partial charge in [-0.3, -0.25) is 4.79 Å². The molecule has 1 amide bonds. The van der Waals surface area contributed by atoms with Gasteiger partial charge >= 0.3 is 0 Å². The van der Waals surface area contributed by atoms with Crippen LogP contribution < -0.4 is 9.64 Å². The Morgan fingerprint density at radius 2 is 1.85 bits per heavy atom. The smallest absolute Gasteiger partial charge is 0.263 e. The number of benzene rings is 1. The SMILES string of the molecule is COc1ccc(/C=N\OCC(=O)N2CCN(c3ncccn3)CC2)cc1. The fraction of sp³-hybridized carbons (Fsp3) is 0.333. The van der Waals surface area contributed by atoms with Gasteiger partial charge in [0.1, 0.15) is 5.75 Å². The number of carbonyl (C=O) groups is 1. The first-order valence-corrected chi connectivity index (χ1v) is 8.35. The second kappa shape index (κ2) is 8.80. The molecule has 0 aliphatic carbocycles. The molecule has 8 nitrogen and oxygen atoms in total. The Hall–Kier alpha value is -3.16. The van der Waals surface area contributed by atoms with E-state index in [1.54, 1.807) is 36.7 Å². The Morgan fingerprint density at radius 1 is 1.15 bits per heavy atom. The first kappa shape index (κ1) is 17.7. The lowest BCUT2D eigenvalue weighted by Gasteiger charge is -2.34. The van der Waals surface area contributed by atoms with Crippen molar-refractivity contribution in [2.24, 2.45) is 5.16 Å². The summed E-state index contributed by atoms with van der Waals surface area (Å²) in [6.45, 7) is 2.55. The molecule has 0 radical (unpaired) electrons. The van der Waals surface area contributed by atoms with Crippen molar-refractivity contribution < 1.29 is 14.4 Å². The number of carbonyl (C=O) groups excluding carboxylic acids is 1. The van der Waals surface area contributed by atoms with Crippen LogP contribution in [-0.2, 0) is 9.63 Å². The van der Waals surface area contributed by atoms with Crippen LogP contribution in [0.1, 0.15) is 5.56 Å². The second-order valence-corrected chi connectivity index (χ2v) is 5.70. The van der Waals surface area contributed by atoms with E-state index in [4.69, 9.17) is 9.57 Å². The van der Waals surface area contributed by atoms with E-state index in [1.807, 2.05) is 24.3 Å². The normalized spacial score (nSPS) is 14.5. The Morgan fingerprint density at radius 3 is 2.50 bits per heavy atom. The second-order valence-electron chi connectivity index (χ2n) is 5.70. The molecule has 0 atom stereocenters. The van der Waals surface area contributed by atoms with Crippen molar-refractivity contribution in [1.29, 1.82) is 0 Å². The van der Waals surface area contributed by atoms with Crippen LogP contribution in [0.3, 0.4) is 0 Å². The summed E-state index contributed by atoms with van der Waals surface area (Å²) in [5.74, 6) is 1.39. The number of ether oxygens (including phenoxy) is 1. The van der Waals surface area contributed by atoms with E-state index in [0.29, 0.717) is 32.1 Å². The van der Waals surface area contributed by atoms with Crippen molar-refractivity contribution >= 4 is 18.1 Å². The van der Waals surface area contributed by atoms with Crippen LogP contribution in [-0.4, -0.2) is 66.9 Å². The zero-order valence-electron chi connectivity index (χ0n) is 14.6. The molecule has 1 fully saturated rings. The van der Waals surface area contributed by atoms with E-state index in [0.717, 1.165) is 11.3 Å². The lowest BCUT2D eigenvalue weighted by Crippen LogP contribution is -2.50. The largest absolute Gasteiger partial charge is 0.497 e. The van der Waals surface area contributed by atoms with Crippen molar-refractivity contribution in [1.82, 2.24) is 14.9 Å². The maximum Gasteiger partial charge on any atom is 0.263 e. The molecule has 2 aromatic rings. The predicted molar refractivity (Wildman–Crippen MR) is 97.4 cm³/mol. The van der Waals surface area contributed by atoms with Crippen LogP contribution in [0.25, 0.3) is 0 Å². The van der Waals surface area contributed by atoms with E-state index in [9.17, 15) is 4.79 Å². The van der Waals surface area contributed by atoms with Gasteiger partial charge in [0.15, 0.2) is 6.61 Å². The van der Waals surface area contributed by atoms with Gasteiger partial charge in [0, 0.05) is 38.6 Å². The first-order chi connectivity index (χ1) is 12.8. The van der Waals surface area contributed by atoms with Gasteiger partial charge in [-0.05, 0) is 35.9 Å². The van der Waals surface area contributed by atoms with Gasteiger partial charge in [0.25, 0.3) is 5.91 Å². The zero-order chi connectivity index (χ0) is 18.2. The number of piperazine rings is 1. The molecule has 136 valence electrons. The van der Waals surface area contributed by atoms with Crippen molar-refractivity contribution in [2.45, 2.75) is 0 Å². The van der Waals surface area contributed by atoms with Gasteiger partial charge in [-0.2, -0.15) is 0 Å². The number of methoxy groups -OCH3 is 1. The Balaban J connectivity index is 1.41. The standard InChI is InChI=1S/C18H21N5O3/c1-25-16-5-3-15(4-6-16)13-21-26-14-17(24)22-9-11-23(12-10-22)18-19-7-2-8-20-18/h2-8,13H,9-12,14H2,1H3/b21-13-. The highest BCUT2D eigenvalue weighted by Crippen LogP contribution is 2.11. The fourth-order valence-electron chi connectivity index (χ4n) is 2.58. The lowest BCUT2D eigenvalue weighted by molar-refractivity contribution is -0.136. The molecule has 1 saturated heterocycles. The number of amides is 1. The molecule has 1 aliphatic rings. The van der Waals surface area contributed by atoms with E-state index in [-0.39, 0.29) is 12.5 Å². The summed E-state index contributed by atoms with van der Waals surface area (Å²) in [6.07, 6.45) is 5.00. The molecule has 0 saturated carbocycles. The molecule has 3 rings (SSSR count). The minimum atomic E-state index is -0.0782. The number of anilines is 1. The topological polar surface area (TPSA) is 80.2 Å². The summed E-state index contributed by atoms with van der Waals surface area (Å²) < 4.78 is 5.09. The number of oxime groups is 1. The van der Waals surface area contributed by atoms with Gasteiger partial charge in [0.2, 0.25) is 5.95 Å². The van der Waals surface area contributed by atoms with Crippen molar-refractivity contribution in [3.8, 4) is 5.75 Å². The molecule has 8 heteroatoms. The molecule has 0 bridgehead atoms. The number of nitrogens with zero attached hydrogens (tertiary/aromatic N) is 5. The molecule has 1 aromatic heterocycles. The minimum absolute atomic E-state index is 0.0749. The summed E-state index contributed by atoms with van der Waals surface area (Å²) >= 11 is 0.